The van der Waals surface area contributed by atoms with E-state index in [9.17, 15) is 9.59 Å². The van der Waals surface area contributed by atoms with Crippen molar-refractivity contribution in [3.05, 3.63) is 98.5 Å². The number of hydrogen-bond donors (Lipinski definition) is 4. The molecule has 6 rings (SSSR count). The molecule has 17 heteroatoms. The summed E-state index contributed by atoms with van der Waals surface area (Å²) >= 11 is 24.0. The highest BCUT2D eigenvalue weighted by Crippen LogP contribution is 2.40. The number of aromatic amines is 2. The van der Waals surface area contributed by atoms with E-state index in [2.05, 4.69) is 19.9 Å². The van der Waals surface area contributed by atoms with Crippen LogP contribution in [-0.4, -0.2) is 76.5 Å². The zero-order chi connectivity index (χ0) is 37.2. The molecule has 2 aromatic carbocycles. The number of nitrogens with zero attached hydrogens (tertiary/aromatic N) is 2. The van der Waals surface area contributed by atoms with Gasteiger partial charge in [0.05, 0.1) is 47.5 Å². The highest BCUT2D eigenvalue weighted by Gasteiger charge is 2.24. The normalized spacial score (nSPS) is 10.5. The SMILES string of the molecule is CCOC(=O)c1[nH]c2cc(Cl)c(Cl)cc2c1-c1cccnc1OC.CCOC(=O)c1cc2cc(Cl)c(Cl)cc2[nH]1.COc1ncccc1B(O)O. The molecular formula is C34H31BCl4N4O8. The van der Waals surface area contributed by atoms with E-state index in [0.29, 0.717) is 60.6 Å². The lowest BCUT2D eigenvalue weighted by atomic mass is 9.81. The first-order valence-corrected chi connectivity index (χ1v) is 16.6. The van der Waals surface area contributed by atoms with E-state index in [1.807, 2.05) is 6.07 Å². The van der Waals surface area contributed by atoms with Crippen LogP contribution in [0.2, 0.25) is 20.1 Å². The molecule has 0 aliphatic heterocycles. The maximum atomic E-state index is 12.4. The van der Waals surface area contributed by atoms with Gasteiger partial charge in [-0.05, 0) is 62.4 Å². The minimum absolute atomic E-state index is 0.238. The van der Waals surface area contributed by atoms with Gasteiger partial charge in [-0.15, -0.1) is 0 Å². The maximum Gasteiger partial charge on any atom is 0.493 e. The molecule has 0 fully saturated rings. The van der Waals surface area contributed by atoms with Crippen LogP contribution in [0.15, 0.2) is 67.0 Å². The molecule has 0 unspecified atom stereocenters. The first-order chi connectivity index (χ1) is 24.4. The fourth-order valence-corrected chi connectivity index (χ4v) is 5.45. The van der Waals surface area contributed by atoms with Gasteiger partial charge in [0.15, 0.2) is 0 Å². The van der Waals surface area contributed by atoms with E-state index < -0.39 is 13.1 Å². The summed E-state index contributed by atoms with van der Waals surface area (Å²) in [6.07, 6.45) is 3.13. The van der Waals surface area contributed by atoms with Crippen molar-refractivity contribution in [2.45, 2.75) is 13.8 Å². The molecule has 266 valence electrons. The predicted octanol–water partition coefficient (Wildman–Crippen LogP) is 7.14. The zero-order valence-corrected chi connectivity index (χ0v) is 30.6. The summed E-state index contributed by atoms with van der Waals surface area (Å²) in [5, 5.41) is 20.8. The second kappa shape index (κ2) is 18.1. The Kier molecular flexibility index (Phi) is 14.0. The van der Waals surface area contributed by atoms with Crippen molar-refractivity contribution in [2.24, 2.45) is 0 Å². The minimum Gasteiger partial charge on any atom is -0.481 e. The number of carbonyl (C=O) groups is 2. The molecule has 0 spiro atoms. The number of ether oxygens (including phenoxy) is 4. The number of hydrogen-bond acceptors (Lipinski definition) is 10. The van der Waals surface area contributed by atoms with Crippen LogP contribution in [-0.2, 0) is 9.47 Å². The molecule has 4 aromatic heterocycles. The monoisotopic (exact) mass is 774 g/mol. The third-order valence-electron chi connectivity index (χ3n) is 6.98. The van der Waals surface area contributed by atoms with E-state index in [4.69, 9.17) is 75.4 Å². The minimum atomic E-state index is -1.53. The fourth-order valence-electron chi connectivity index (χ4n) is 4.78. The largest absolute Gasteiger partial charge is 0.493 e. The average Bonchev–Trinajstić information content (AvgIpc) is 3.70. The molecule has 0 bridgehead atoms. The molecule has 0 aliphatic carbocycles. The van der Waals surface area contributed by atoms with Gasteiger partial charge in [0.25, 0.3) is 0 Å². The Labute approximate surface area is 312 Å². The maximum absolute atomic E-state index is 12.4. The Balaban J connectivity index is 0.000000186. The molecule has 6 aromatic rings. The molecule has 12 nitrogen and oxygen atoms in total. The van der Waals surface area contributed by atoms with Crippen molar-refractivity contribution in [3.63, 3.8) is 0 Å². The number of rotatable bonds is 8. The van der Waals surface area contributed by atoms with Gasteiger partial charge < -0.3 is 39.0 Å². The first kappa shape index (κ1) is 39.3. The van der Waals surface area contributed by atoms with Gasteiger partial charge in [0.1, 0.15) is 11.4 Å². The van der Waals surface area contributed by atoms with Crippen molar-refractivity contribution in [3.8, 4) is 22.9 Å². The van der Waals surface area contributed by atoms with Gasteiger partial charge in [-0.3, -0.25) is 0 Å². The third-order valence-corrected chi connectivity index (χ3v) is 8.43. The van der Waals surface area contributed by atoms with Gasteiger partial charge in [-0.1, -0.05) is 52.5 Å². The van der Waals surface area contributed by atoms with Gasteiger partial charge >= 0.3 is 19.1 Å². The molecule has 0 radical (unpaired) electrons. The second-order valence-corrected chi connectivity index (χ2v) is 11.8. The average molecular weight is 776 g/mol. The van der Waals surface area contributed by atoms with Gasteiger partial charge in [-0.2, -0.15) is 0 Å². The van der Waals surface area contributed by atoms with Crippen LogP contribution in [0, 0.1) is 0 Å². The first-order valence-electron chi connectivity index (χ1n) is 15.1. The lowest BCUT2D eigenvalue weighted by Crippen LogP contribution is -2.31. The van der Waals surface area contributed by atoms with Crippen LogP contribution in [0.4, 0.5) is 0 Å². The van der Waals surface area contributed by atoms with Gasteiger partial charge in [0.2, 0.25) is 11.8 Å². The molecule has 4 heterocycles. The van der Waals surface area contributed by atoms with E-state index in [1.165, 1.54) is 26.5 Å². The Morgan fingerprint density at radius 3 is 1.92 bits per heavy atom. The van der Waals surface area contributed by atoms with Gasteiger partial charge in [0, 0.05) is 50.8 Å². The third kappa shape index (κ3) is 9.44. The van der Waals surface area contributed by atoms with Crippen molar-refractivity contribution < 1.29 is 38.6 Å². The van der Waals surface area contributed by atoms with Crippen molar-refractivity contribution >= 4 is 92.7 Å². The number of halogens is 4. The van der Waals surface area contributed by atoms with Crippen molar-refractivity contribution in [1.29, 1.82) is 0 Å². The molecule has 4 N–H and O–H groups in total. The highest BCUT2D eigenvalue weighted by atomic mass is 35.5. The van der Waals surface area contributed by atoms with E-state index in [-0.39, 0.29) is 23.9 Å². The number of aromatic nitrogens is 4. The summed E-state index contributed by atoms with van der Waals surface area (Å²) in [7, 11) is 1.42. The van der Waals surface area contributed by atoms with Crippen LogP contribution in [0.1, 0.15) is 34.8 Å². The van der Waals surface area contributed by atoms with Gasteiger partial charge in [-0.25, -0.2) is 19.6 Å². The van der Waals surface area contributed by atoms with Crippen LogP contribution in [0.25, 0.3) is 32.9 Å². The Morgan fingerprint density at radius 2 is 1.31 bits per heavy atom. The smallest absolute Gasteiger partial charge is 0.481 e. The standard InChI is InChI=1S/C17H14Cl2N2O3.C11H9Cl2NO2.C6H8BNO3/c1-3-24-17(22)15-14(9-5-4-6-20-16(9)23-2)10-7-11(18)12(19)8-13(10)21-15;1-2-16-11(15)10-4-6-3-7(12)8(13)5-9(6)14-10;1-11-6-5(7(9)10)3-2-4-8-6/h4-8,21H,3H2,1-2H3;3-5,14H,2H2,1H3;2-4,9-10H,1H3. The summed E-state index contributed by atoms with van der Waals surface area (Å²) in [5.41, 5.74) is 3.69. The van der Waals surface area contributed by atoms with Crippen molar-refractivity contribution in [2.75, 3.05) is 27.4 Å². The van der Waals surface area contributed by atoms with E-state index in [1.54, 1.807) is 62.5 Å². The Morgan fingerprint density at radius 1 is 0.745 bits per heavy atom. The highest BCUT2D eigenvalue weighted by molar-refractivity contribution is 6.59. The number of fused-ring (bicyclic) bond motifs is 2. The number of nitrogens with one attached hydrogen (secondary N) is 2. The predicted molar refractivity (Wildman–Crippen MR) is 199 cm³/mol. The number of benzene rings is 2. The van der Waals surface area contributed by atoms with E-state index >= 15 is 0 Å². The quantitative estimate of drug-likeness (QED) is 0.0921. The summed E-state index contributed by atoms with van der Waals surface area (Å²) in [5.74, 6) is -0.217. The van der Waals surface area contributed by atoms with Crippen molar-refractivity contribution in [1.82, 2.24) is 19.9 Å². The molecule has 0 atom stereocenters. The summed E-state index contributed by atoms with van der Waals surface area (Å²) in [6.45, 7) is 4.11. The molecule has 0 amide bonds. The summed E-state index contributed by atoms with van der Waals surface area (Å²) in [4.78, 5) is 37.8. The van der Waals surface area contributed by atoms with Crippen LogP contribution < -0.4 is 14.9 Å². The fraction of sp³-hybridized carbons (Fsp3) is 0.176. The lowest BCUT2D eigenvalue weighted by Gasteiger charge is -2.09. The molecule has 51 heavy (non-hydrogen) atoms. The van der Waals surface area contributed by atoms with E-state index in [0.717, 1.165) is 16.3 Å². The van der Waals surface area contributed by atoms with Crippen LogP contribution >= 0.6 is 46.4 Å². The molecule has 0 saturated heterocycles. The Hall–Kier alpha value is -4.50. The summed E-state index contributed by atoms with van der Waals surface area (Å²) < 4.78 is 20.1. The molecular weight excluding hydrogens is 745 g/mol. The number of carbonyl (C=O) groups excluding carboxylic acids is 2. The van der Waals surface area contributed by atoms with Crippen LogP contribution in [0.3, 0.4) is 0 Å². The second-order valence-electron chi connectivity index (χ2n) is 10.2. The number of pyridine rings is 2. The number of H-pyrrole nitrogens is 2. The Bertz CT molecular complexity index is 2120. The topological polar surface area (TPSA) is 169 Å². The van der Waals surface area contributed by atoms with Crippen LogP contribution in [0.5, 0.6) is 11.8 Å². The zero-order valence-electron chi connectivity index (χ0n) is 27.6. The lowest BCUT2D eigenvalue weighted by molar-refractivity contribution is 0.0511. The summed E-state index contributed by atoms with van der Waals surface area (Å²) in [6, 6.07) is 15.2. The number of esters is 2. The number of methoxy groups -OCH3 is 2. The molecule has 0 saturated carbocycles. The molecule has 0 aliphatic rings.